The summed E-state index contributed by atoms with van der Waals surface area (Å²) in [6.07, 6.45) is 3.09. The molecule has 0 aliphatic carbocycles. The van der Waals surface area contributed by atoms with Crippen LogP contribution in [0.2, 0.25) is 0 Å². The number of hydrogen-bond acceptors (Lipinski definition) is 5. The van der Waals surface area contributed by atoms with Gasteiger partial charge in [0, 0.05) is 25.3 Å². The average molecular weight is 328 g/mol. The van der Waals surface area contributed by atoms with Gasteiger partial charge in [0.1, 0.15) is 5.75 Å². The van der Waals surface area contributed by atoms with E-state index in [0.717, 1.165) is 12.8 Å². The number of carbonyl (C=O) groups is 1. The van der Waals surface area contributed by atoms with E-state index in [4.69, 9.17) is 10.5 Å². The van der Waals surface area contributed by atoms with E-state index in [-0.39, 0.29) is 16.8 Å². The number of nitrogens with one attached hydrogen (secondary N) is 1. The lowest BCUT2D eigenvalue weighted by atomic mass is 10.2. The summed E-state index contributed by atoms with van der Waals surface area (Å²) in [4.78, 5) is 11.8. The fourth-order valence-corrected chi connectivity index (χ4v) is 2.40. The molecule has 124 valence electrons. The highest BCUT2D eigenvalue weighted by molar-refractivity contribution is 7.90. The third-order valence-corrected chi connectivity index (χ3v) is 4.21. The minimum Gasteiger partial charge on any atom is -0.494 e. The minimum atomic E-state index is -3.18. The van der Waals surface area contributed by atoms with E-state index in [2.05, 4.69) is 5.32 Å². The van der Waals surface area contributed by atoms with Crippen LogP contribution in [-0.4, -0.2) is 39.8 Å². The molecule has 6 nitrogen and oxygen atoms in total. The molecule has 0 radical (unpaired) electrons. The summed E-state index contributed by atoms with van der Waals surface area (Å²) in [5.41, 5.74) is 5.43. The summed E-state index contributed by atoms with van der Waals surface area (Å²) in [6.45, 7) is 2.78. The molecule has 1 atom stereocenters. The van der Waals surface area contributed by atoms with Crippen molar-refractivity contribution in [1.82, 2.24) is 5.32 Å². The van der Waals surface area contributed by atoms with Crippen molar-refractivity contribution in [2.75, 3.05) is 19.4 Å². The topological polar surface area (TPSA) is 98.5 Å². The third-order valence-electron chi connectivity index (χ3n) is 3.08. The van der Waals surface area contributed by atoms with Crippen LogP contribution >= 0.6 is 0 Å². The maximum atomic E-state index is 11.5. The van der Waals surface area contributed by atoms with E-state index in [9.17, 15) is 13.2 Å². The van der Waals surface area contributed by atoms with Gasteiger partial charge in [0.15, 0.2) is 9.84 Å². The van der Waals surface area contributed by atoms with Crippen molar-refractivity contribution in [2.45, 2.75) is 37.1 Å². The van der Waals surface area contributed by atoms with Crippen LogP contribution in [-0.2, 0) is 14.6 Å². The molecule has 1 aromatic rings. The van der Waals surface area contributed by atoms with Gasteiger partial charge in [0.2, 0.25) is 5.91 Å². The lowest BCUT2D eigenvalue weighted by Crippen LogP contribution is -2.37. The van der Waals surface area contributed by atoms with Crippen molar-refractivity contribution >= 4 is 15.7 Å². The molecule has 0 heterocycles. The first kappa shape index (κ1) is 18.4. The average Bonchev–Trinajstić information content (AvgIpc) is 2.46. The van der Waals surface area contributed by atoms with Crippen molar-refractivity contribution < 1.29 is 17.9 Å². The van der Waals surface area contributed by atoms with Gasteiger partial charge in [-0.15, -0.1) is 0 Å². The van der Waals surface area contributed by atoms with E-state index in [1.807, 2.05) is 6.92 Å². The first-order valence-corrected chi connectivity index (χ1v) is 9.14. The molecule has 0 saturated carbocycles. The molecule has 1 rings (SSSR count). The van der Waals surface area contributed by atoms with E-state index in [1.54, 1.807) is 12.1 Å². The highest BCUT2D eigenvalue weighted by atomic mass is 32.2. The second-order valence-corrected chi connectivity index (χ2v) is 7.27. The monoisotopic (exact) mass is 328 g/mol. The lowest BCUT2D eigenvalue weighted by molar-refractivity contribution is -0.121. The normalized spacial score (nSPS) is 12.7. The molecule has 0 spiro atoms. The summed E-state index contributed by atoms with van der Waals surface area (Å²) in [5.74, 6) is 0.615. The Bertz CT molecular complexity index is 570. The van der Waals surface area contributed by atoms with Crippen LogP contribution in [0.5, 0.6) is 5.75 Å². The summed E-state index contributed by atoms with van der Waals surface area (Å²) in [7, 11) is -3.18. The number of ether oxygens (including phenoxy) is 1. The second kappa shape index (κ2) is 8.75. The molecule has 0 bridgehead atoms. The predicted molar refractivity (Wildman–Crippen MR) is 85.6 cm³/mol. The number of unbranched alkanes of at least 4 members (excludes halogenated alkanes) is 1. The van der Waals surface area contributed by atoms with E-state index in [0.29, 0.717) is 25.3 Å². The van der Waals surface area contributed by atoms with Gasteiger partial charge in [-0.1, -0.05) is 0 Å². The first-order chi connectivity index (χ1) is 10.3. The molecule has 22 heavy (non-hydrogen) atoms. The van der Waals surface area contributed by atoms with Crippen LogP contribution in [0.1, 0.15) is 26.2 Å². The Kier molecular flexibility index (Phi) is 7.34. The van der Waals surface area contributed by atoms with Crippen molar-refractivity contribution in [3.8, 4) is 5.75 Å². The van der Waals surface area contributed by atoms with E-state index >= 15 is 0 Å². The van der Waals surface area contributed by atoms with Gasteiger partial charge in [0.05, 0.1) is 11.5 Å². The SMILES string of the molecule is C[C@@H](CN)NC(=O)CCCCOc1ccc(S(C)(=O)=O)cc1. The third kappa shape index (κ3) is 6.91. The van der Waals surface area contributed by atoms with Gasteiger partial charge in [-0.25, -0.2) is 8.42 Å². The Labute approximate surface area is 132 Å². The van der Waals surface area contributed by atoms with Crippen LogP contribution in [0.4, 0.5) is 0 Å². The van der Waals surface area contributed by atoms with Gasteiger partial charge in [-0.3, -0.25) is 4.79 Å². The summed E-state index contributed by atoms with van der Waals surface area (Å²) < 4.78 is 28.1. The van der Waals surface area contributed by atoms with Crippen molar-refractivity contribution in [3.63, 3.8) is 0 Å². The van der Waals surface area contributed by atoms with Crippen LogP contribution in [0, 0.1) is 0 Å². The number of nitrogens with two attached hydrogens (primary N) is 1. The van der Waals surface area contributed by atoms with Gasteiger partial charge in [-0.2, -0.15) is 0 Å². The predicted octanol–water partition coefficient (Wildman–Crippen LogP) is 1.10. The largest absolute Gasteiger partial charge is 0.494 e. The fourth-order valence-electron chi connectivity index (χ4n) is 1.77. The zero-order valence-corrected chi connectivity index (χ0v) is 13.9. The lowest BCUT2D eigenvalue weighted by Gasteiger charge is -2.11. The van der Waals surface area contributed by atoms with Gasteiger partial charge in [-0.05, 0) is 44.0 Å². The van der Waals surface area contributed by atoms with Crippen molar-refractivity contribution in [3.05, 3.63) is 24.3 Å². The molecular formula is C15H24N2O4S. The van der Waals surface area contributed by atoms with Crippen molar-refractivity contribution in [1.29, 1.82) is 0 Å². The maximum Gasteiger partial charge on any atom is 0.220 e. The van der Waals surface area contributed by atoms with Crippen LogP contribution in [0.3, 0.4) is 0 Å². The highest BCUT2D eigenvalue weighted by Crippen LogP contribution is 2.16. The second-order valence-electron chi connectivity index (χ2n) is 5.25. The molecule has 0 saturated heterocycles. The smallest absolute Gasteiger partial charge is 0.220 e. The zero-order chi connectivity index (χ0) is 16.6. The quantitative estimate of drug-likeness (QED) is 0.662. The molecule has 0 aliphatic rings. The summed E-state index contributed by atoms with van der Waals surface area (Å²) in [5, 5.41) is 2.80. The van der Waals surface area contributed by atoms with Crippen molar-refractivity contribution in [2.24, 2.45) is 5.73 Å². The summed E-state index contributed by atoms with van der Waals surface area (Å²) in [6, 6.07) is 6.30. The van der Waals surface area contributed by atoms with Gasteiger partial charge < -0.3 is 15.8 Å². The first-order valence-electron chi connectivity index (χ1n) is 7.25. The molecule has 0 aliphatic heterocycles. The Morgan fingerprint density at radius 2 is 1.91 bits per heavy atom. The number of benzene rings is 1. The molecule has 7 heteroatoms. The van der Waals surface area contributed by atoms with Crippen LogP contribution in [0.25, 0.3) is 0 Å². The number of amides is 1. The van der Waals surface area contributed by atoms with E-state index in [1.165, 1.54) is 18.4 Å². The Hall–Kier alpha value is -1.60. The fraction of sp³-hybridized carbons (Fsp3) is 0.533. The van der Waals surface area contributed by atoms with Gasteiger partial charge >= 0.3 is 0 Å². The Morgan fingerprint density at radius 1 is 1.27 bits per heavy atom. The molecule has 3 N–H and O–H groups in total. The number of rotatable bonds is 9. The van der Waals surface area contributed by atoms with E-state index < -0.39 is 9.84 Å². The number of hydrogen-bond donors (Lipinski definition) is 2. The molecule has 0 aromatic heterocycles. The maximum absolute atomic E-state index is 11.5. The Morgan fingerprint density at radius 3 is 2.45 bits per heavy atom. The molecule has 0 unspecified atom stereocenters. The number of carbonyl (C=O) groups excluding carboxylic acids is 1. The molecule has 1 aromatic carbocycles. The zero-order valence-electron chi connectivity index (χ0n) is 13.0. The standard InChI is InChI=1S/C15H24N2O4S/c1-12(11-16)17-15(18)5-3-4-10-21-13-6-8-14(9-7-13)22(2,19)20/h6-9,12H,3-5,10-11,16H2,1-2H3,(H,17,18)/t12-/m0/s1. The van der Waals surface area contributed by atoms with Gasteiger partial charge in [0.25, 0.3) is 0 Å². The molecule has 0 fully saturated rings. The van der Waals surface area contributed by atoms with Crippen LogP contribution < -0.4 is 15.8 Å². The number of sulfone groups is 1. The van der Waals surface area contributed by atoms with Crippen LogP contribution in [0.15, 0.2) is 29.2 Å². The Balaban J connectivity index is 2.24. The molecule has 1 amide bonds. The molecular weight excluding hydrogens is 304 g/mol. The minimum absolute atomic E-state index is 0.00268. The summed E-state index contributed by atoms with van der Waals surface area (Å²) >= 11 is 0. The highest BCUT2D eigenvalue weighted by Gasteiger charge is 2.07.